The van der Waals surface area contributed by atoms with E-state index in [0.717, 1.165) is 22.0 Å². The van der Waals surface area contributed by atoms with E-state index in [1.54, 1.807) is 31.2 Å². The van der Waals surface area contributed by atoms with Crippen LogP contribution in [0, 0.1) is 0 Å². The lowest BCUT2D eigenvalue weighted by molar-refractivity contribution is -0.118. The fourth-order valence-corrected chi connectivity index (χ4v) is 4.30. The molecule has 0 aliphatic carbocycles. The van der Waals surface area contributed by atoms with Crippen LogP contribution in [0.15, 0.2) is 81.3 Å². The number of nitrogens with zero attached hydrogens (tertiary/aromatic N) is 2. The van der Waals surface area contributed by atoms with Gasteiger partial charge in [0, 0.05) is 10.9 Å². The van der Waals surface area contributed by atoms with E-state index in [2.05, 4.69) is 28.5 Å². The van der Waals surface area contributed by atoms with Gasteiger partial charge in [-0.25, -0.2) is 9.78 Å². The number of oxazole rings is 1. The lowest BCUT2D eigenvalue weighted by atomic mass is 10.0. The molecule has 1 amide bonds. The second-order valence-corrected chi connectivity index (χ2v) is 7.79. The molecule has 1 N–H and O–H groups in total. The molecule has 0 bridgehead atoms. The van der Waals surface area contributed by atoms with E-state index >= 15 is 0 Å². The van der Waals surface area contributed by atoms with Gasteiger partial charge in [-0.15, -0.1) is 11.3 Å². The summed E-state index contributed by atoms with van der Waals surface area (Å²) in [5, 5.41) is 7.46. The Morgan fingerprint density at radius 3 is 2.73 bits per heavy atom. The minimum Gasteiger partial charge on any atom is -0.408 e. The van der Waals surface area contributed by atoms with Crippen molar-refractivity contribution in [3.05, 3.63) is 82.7 Å². The molecule has 1 unspecified atom stereocenters. The molecule has 0 fully saturated rings. The van der Waals surface area contributed by atoms with E-state index in [4.69, 9.17) is 4.42 Å². The first-order valence-corrected chi connectivity index (χ1v) is 10.3. The normalized spacial score (nSPS) is 12.3. The van der Waals surface area contributed by atoms with Crippen molar-refractivity contribution >= 4 is 44.2 Å². The standard InChI is InChI=1S/C23H17N3O3S/c1-14(26-19-11-4-5-12-20(19)29-23(26)28)21(27)25-22-24-18(13-30-22)17-10-6-8-15-7-2-3-9-16(15)17/h2-14H,1H3,(H,24,25,27). The lowest BCUT2D eigenvalue weighted by Crippen LogP contribution is -2.29. The Labute approximate surface area is 175 Å². The number of aromatic nitrogens is 2. The molecule has 0 aliphatic rings. The van der Waals surface area contributed by atoms with Crippen LogP contribution in [0.2, 0.25) is 0 Å². The van der Waals surface area contributed by atoms with Gasteiger partial charge in [-0.1, -0.05) is 54.6 Å². The van der Waals surface area contributed by atoms with E-state index in [9.17, 15) is 9.59 Å². The molecule has 148 valence electrons. The van der Waals surface area contributed by atoms with Crippen LogP contribution in [0.4, 0.5) is 5.13 Å². The van der Waals surface area contributed by atoms with Crippen molar-refractivity contribution in [3.63, 3.8) is 0 Å². The van der Waals surface area contributed by atoms with Crippen LogP contribution in [0.25, 0.3) is 33.1 Å². The van der Waals surface area contributed by atoms with Crippen molar-refractivity contribution in [2.75, 3.05) is 5.32 Å². The summed E-state index contributed by atoms with van der Waals surface area (Å²) in [7, 11) is 0. The van der Waals surface area contributed by atoms with Gasteiger partial charge < -0.3 is 9.73 Å². The number of carbonyl (C=O) groups is 1. The first-order chi connectivity index (χ1) is 14.6. The summed E-state index contributed by atoms with van der Waals surface area (Å²) in [4.78, 5) is 29.7. The molecule has 2 aromatic heterocycles. The van der Waals surface area contributed by atoms with Crippen LogP contribution in [0.1, 0.15) is 13.0 Å². The Hall–Kier alpha value is -3.71. The van der Waals surface area contributed by atoms with Crippen LogP contribution in [0.3, 0.4) is 0 Å². The molecule has 2 heterocycles. The first-order valence-electron chi connectivity index (χ1n) is 9.46. The van der Waals surface area contributed by atoms with Gasteiger partial charge in [-0.3, -0.25) is 9.36 Å². The number of amides is 1. The smallest absolute Gasteiger partial charge is 0.408 e. The van der Waals surface area contributed by atoms with Crippen LogP contribution in [-0.4, -0.2) is 15.5 Å². The second-order valence-electron chi connectivity index (χ2n) is 6.94. The molecule has 3 aromatic carbocycles. The van der Waals surface area contributed by atoms with Gasteiger partial charge in [-0.05, 0) is 29.8 Å². The molecule has 1 atom stereocenters. The van der Waals surface area contributed by atoms with Gasteiger partial charge in [0.15, 0.2) is 10.7 Å². The van der Waals surface area contributed by atoms with Gasteiger partial charge in [-0.2, -0.15) is 0 Å². The van der Waals surface area contributed by atoms with Gasteiger partial charge >= 0.3 is 5.76 Å². The molecule has 0 saturated carbocycles. The highest BCUT2D eigenvalue weighted by Crippen LogP contribution is 2.31. The van der Waals surface area contributed by atoms with Gasteiger partial charge in [0.25, 0.3) is 0 Å². The van der Waals surface area contributed by atoms with Crippen molar-refractivity contribution in [3.8, 4) is 11.3 Å². The predicted octanol–water partition coefficient (Wildman–Crippen LogP) is 5.07. The molecule has 0 aliphatic heterocycles. The molecular weight excluding hydrogens is 398 g/mol. The van der Waals surface area contributed by atoms with Crippen molar-refractivity contribution < 1.29 is 9.21 Å². The Balaban J connectivity index is 1.43. The SMILES string of the molecule is CC(C(=O)Nc1nc(-c2cccc3ccccc23)cs1)n1c(=O)oc2ccccc21. The fourth-order valence-electron chi connectivity index (χ4n) is 3.58. The number of hydrogen-bond donors (Lipinski definition) is 1. The largest absolute Gasteiger partial charge is 0.420 e. The number of carbonyl (C=O) groups excluding carboxylic acids is 1. The lowest BCUT2D eigenvalue weighted by Gasteiger charge is -2.11. The van der Waals surface area contributed by atoms with Crippen LogP contribution >= 0.6 is 11.3 Å². The molecule has 0 spiro atoms. The first kappa shape index (κ1) is 18.3. The van der Waals surface area contributed by atoms with E-state index < -0.39 is 11.8 Å². The summed E-state index contributed by atoms with van der Waals surface area (Å²) >= 11 is 1.35. The molecule has 6 nitrogen and oxygen atoms in total. The summed E-state index contributed by atoms with van der Waals surface area (Å²) in [6, 6.07) is 20.5. The minimum absolute atomic E-state index is 0.331. The van der Waals surface area contributed by atoms with Crippen LogP contribution in [-0.2, 0) is 4.79 Å². The quantitative estimate of drug-likeness (QED) is 0.444. The third-order valence-electron chi connectivity index (χ3n) is 5.09. The zero-order valence-corrected chi connectivity index (χ0v) is 16.8. The van der Waals surface area contributed by atoms with Gasteiger partial charge in [0.05, 0.1) is 11.2 Å². The van der Waals surface area contributed by atoms with Crippen molar-refractivity contribution in [1.29, 1.82) is 0 Å². The topological polar surface area (TPSA) is 77.1 Å². The zero-order valence-electron chi connectivity index (χ0n) is 16.0. The Bertz CT molecular complexity index is 1440. The molecule has 30 heavy (non-hydrogen) atoms. The number of rotatable bonds is 4. The maximum Gasteiger partial charge on any atom is 0.420 e. The number of fused-ring (bicyclic) bond motifs is 2. The van der Waals surface area contributed by atoms with Crippen molar-refractivity contribution in [1.82, 2.24) is 9.55 Å². The summed E-state index contributed by atoms with van der Waals surface area (Å²) in [6.45, 7) is 1.66. The van der Waals surface area contributed by atoms with E-state index in [1.165, 1.54) is 15.9 Å². The second kappa shape index (κ2) is 7.27. The average molecular weight is 415 g/mol. The predicted molar refractivity (Wildman–Crippen MR) is 119 cm³/mol. The van der Waals surface area contributed by atoms with Crippen molar-refractivity contribution in [2.45, 2.75) is 13.0 Å². The molecule has 7 heteroatoms. The van der Waals surface area contributed by atoms with Gasteiger partial charge in [0.1, 0.15) is 6.04 Å². The van der Waals surface area contributed by atoms with E-state index in [0.29, 0.717) is 16.2 Å². The minimum atomic E-state index is -0.744. The summed E-state index contributed by atoms with van der Waals surface area (Å²) < 4.78 is 6.59. The highest BCUT2D eigenvalue weighted by atomic mass is 32.1. The Kier molecular flexibility index (Phi) is 4.44. The number of nitrogens with one attached hydrogen (secondary N) is 1. The van der Waals surface area contributed by atoms with Gasteiger partial charge in [0.2, 0.25) is 5.91 Å². The molecular formula is C23H17N3O3S. The van der Waals surface area contributed by atoms with E-state index in [1.807, 2.05) is 29.6 Å². The molecule has 5 rings (SSSR count). The Morgan fingerprint density at radius 1 is 1.07 bits per heavy atom. The number of benzene rings is 3. The maximum absolute atomic E-state index is 12.8. The number of anilines is 1. The molecule has 0 saturated heterocycles. The molecule has 5 aromatic rings. The highest BCUT2D eigenvalue weighted by Gasteiger charge is 2.22. The van der Waals surface area contributed by atoms with Crippen molar-refractivity contribution in [2.24, 2.45) is 0 Å². The highest BCUT2D eigenvalue weighted by molar-refractivity contribution is 7.14. The fraction of sp³-hybridized carbons (Fsp3) is 0.0870. The third kappa shape index (κ3) is 3.09. The number of thiazole rings is 1. The number of hydrogen-bond acceptors (Lipinski definition) is 5. The van der Waals surface area contributed by atoms with E-state index in [-0.39, 0.29) is 5.91 Å². The average Bonchev–Trinajstić information content (AvgIpc) is 3.36. The third-order valence-corrected chi connectivity index (χ3v) is 5.84. The summed E-state index contributed by atoms with van der Waals surface area (Å²) in [5.74, 6) is -0.892. The van der Waals surface area contributed by atoms with Crippen LogP contribution in [0.5, 0.6) is 0 Å². The maximum atomic E-state index is 12.8. The summed E-state index contributed by atoms with van der Waals surface area (Å²) in [5.41, 5.74) is 2.84. The summed E-state index contributed by atoms with van der Waals surface area (Å²) in [6.07, 6.45) is 0. The monoisotopic (exact) mass is 415 g/mol. The number of para-hydroxylation sites is 2. The van der Waals surface area contributed by atoms with Crippen LogP contribution < -0.4 is 11.1 Å². The Morgan fingerprint density at radius 2 is 1.83 bits per heavy atom. The molecule has 0 radical (unpaired) electrons. The zero-order chi connectivity index (χ0) is 20.7.